The van der Waals surface area contributed by atoms with Gasteiger partial charge in [-0.25, -0.2) is 4.98 Å². The molecule has 1 saturated heterocycles. The summed E-state index contributed by atoms with van der Waals surface area (Å²) in [5.41, 5.74) is 2.28. The summed E-state index contributed by atoms with van der Waals surface area (Å²) in [5, 5.41) is 4.37. The number of aromatic nitrogens is 3. The predicted molar refractivity (Wildman–Crippen MR) is 95.8 cm³/mol. The van der Waals surface area contributed by atoms with E-state index >= 15 is 0 Å². The van der Waals surface area contributed by atoms with Gasteiger partial charge < -0.3 is 14.5 Å². The lowest BCUT2D eigenvalue weighted by Crippen LogP contribution is -2.42. The summed E-state index contributed by atoms with van der Waals surface area (Å²) in [4.78, 5) is 21.3. The molecule has 0 bridgehead atoms. The molecule has 1 aliphatic heterocycles. The maximum absolute atomic E-state index is 12.9. The number of pyridine rings is 1. The second-order valence-corrected chi connectivity index (χ2v) is 6.41. The lowest BCUT2D eigenvalue weighted by Gasteiger charge is -2.32. The van der Waals surface area contributed by atoms with Crippen molar-refractivity contribution < 1.29 is 9.53 Å². The average Bonchev–Trinajstić information content (AvgIpc) is 3.02. The number of aryl methyl sites for hydroxylation is 2. The van der Waals surface area contributed by atoms with Crippen LogP contribution in [0.15, 0.2) is 24.4 Å². The molecule has 25 heavy (non-hydrogen) atoms. The van der Waals surface area contributed by atoms with Crippen molar-refractivity contribution in [1.82, 2.24) is 19.7 Å². The Balaban J connectivity index is 1.77. The molecule has 1 amide bonds. The molecule has 0 N–H and O–H groups in total. The second-order valence-electron chi connectivity index (χ2n) is 6.41. The number of carbonyl (C=O) groups is 1. The van der Waals surface area contributed by atoms with E-state index < -0.39 is 0 Å². The summed E-state index contributed by atoms with van der Waals surface area (Å²) >= 11 is 0. The number of hydrogen-bond donors (Lipinski definition) is 0. The van der Waals surface area contributed by atoms with Crippen molar-refractivity contribution in [3.63, 3.8) is 0 Å². The van der Waals surface area contributed by atoms with Crippen molar-refractivity contribution in [3.8, 4) is 0 Å². The third kappa shape index (κ3) is 3.66. The van der Waals surface area contributed by atoms with E-state index in [1.165, 1.54) is 0 Å². The summed E-state index contributed by atoms with van der Waals surface area (Å²) in [7, 11) is 3.91. The van der Waals surface area contributed by atoms with Crippen molar-refractivity contribution in [1.29, 1.82) is 0 Å². The van der Waals surface area contributed by atoms with Gasteiger partial charge in [-0.05, 0) is 26.0 Å². The Kier molecular flexibility index (Phi) is 5.03. The highest BCUT2D eigenvalue weighted by Gasteiger charge is 2.28. The van der Waals surface area contributed by atoms with E-state index in [1.807, 2.05) is 62.1 Å². The van der Waals surface area contributed by atoms with Crippen molar-refractivity contribution in [2.75, 3.05) is 38.7 Å². The van der Waals surface area contributed by atoms with Crippen molar-refractivity contribution in [3.05, 3.63) is 41.3 Å². The summed E-state index contributed by atoms with van der Waals surface area (Å²) in [5.74, 6) is 0.888. The molecule has 0 saturated carbocycles. The highest BCUT2D eigenvalue weighted by atomic mass is 16.5. The Morgan fingerprint density at radius 2 is 2.20 bits per heavy atom. The molecule has 1 unspecified atom stereocenters. The highest BCUT2D eigenvalue weighted by Crippen LogP contribution is 2.24. The topological polar surface area (TPSA) is 63.5 Å². The number of carbonyl (C=O) groups excluding carboxylic acids is 1. The minimum absolute atomic E-state index is 0.00858. The van der Waals surface area contributed by atoms with Crippen LogP contribution < -0.4 is 4.90 Å². The highest BCUT2D eigenvalue weighted by molar-refractivity contribution is 5.95. The fourth-order valence-corrected chi connectivity index (χ4v) is 2.94. The number of anilines is 1. The Labute approximate surface area is 148 Å². The van der Waals surface area contributed by atoms with Crippen LogP contribution in [-0.2, 0) is 11.3 Å². The molecule has 0 aromatic carbocycles. The van der Waals surface area contributed by atoms with Crippen LogP contribution in [0.25, 0.3) is 0 Å². The first-order chi connectivity index (χ1) is 12.0. The van der Waals surface area contributed by atoms with Gasteiger partial charge in [0.05, 0.1) is 30.1 Å². The SMILES string of the molecule is CCn1cc(C(=O)N2CCOC(c3cccc(N(C)C)n3)C2)c(C)n1. The first-order valence-electron chi connectivity index (χ1n) is 8.58. The van der Waals surface area contributed by atoms with E-state index in [4.69, 9.17) is 4.74 Å². The van der Waals surface area contributed by atoms with Gasteiger partial charge in [-0.2, -0.15) is 5.10 Å². The number of amides is 1. The molecule has 134 valence electrons. The number of hydrogen-bond acceptors (Lipinski definition) is 5. The van der Waals surface area contributed by atoms with Crippen LogP contribution in [0.4, 0.5) is 5.82 Å². The maximum atomic E-state index is 12.9. The van der Waals surface area contributed by atoms with E-state index in [2.05, 4.69) is 10.1 Å². The quantitative estimate of drug-likeness (QED) is 0.848. The standard InChI is InChI=1S/C18H25N5O2/c1-5-23-11-14(13(2)20-23)18(24)22-9-10-25-16(12-22)15-7-6-8-17(19-15)21(3)4/h6-8,11,16H,5,9-10,12H2,1-4H3. The van der Waals surface area contributed by atoms with Crippen molar-refractivity contribution in [2.24, 2.45) is 0 Å². The summed E-state index contributed by atoms with van der Waals surface area (Å²) in [6.07, 6.45) is 1.62. The fourth-order valence-electron chi connectivity index (χ4n) is 2.94. The molecule has 3 rings (SSSR count). The van der Waals surface area contributed by atoms with E-state index in [0.29, 0.717) is 25.3 Å². The lowest BCUT2D eigenvalue weighted by atomic mass is 10.1. The van der Waals surface area contributed by atoms with Gasteiger partial charge in [0.15, 0.2) is 0 Å². The minimum Gasteiger partial charge on any atom is -0.368 e. The minimum atomic E-state index is -0.209. The average molecular weight is 343 g/mol. The molecule has 0 radical (unpaired) electrons. The first-order valence-corrected chi connectivity index (χ1v) is 8.58. The smallest absolute Gasteiger partial charge is 0.257 e. The van der Waals surface area contributed by atoms with Gasteiger partial charge >= 0.3 is 0 Å². The zero-order chi connectivity index (χ0) is 18.0. The molecule has 2 aromatic heterocycles. The van der Waals surface area contributed by atoms with Gasteiger partial charge in [0, 0.05) is 33.4 Å². The van der Waals surface area contributed by atoms with Crippen LogP contribution in [0.3, 0.4) is 0 Å². The van der Waals surface area contributed by atoms with E-state index in [-0.39, 0.29) is 12.0 Å². The van der Waals surface area contributed by atoms with Crippen molar-refractivity contribution in [2.45, 2.75) is 26.5 Å². The Hall–Kier alpha value is -2.41. The molecular formula is C18H25N5O2. The fraction of sp³-hybridized carbons (Fsp3) is 0.500. The molecule has 1 aliphatic rings. The summed E-state index contributed by atoms with van der Waals surface area (Å²) < 4.78 is 7.67. The molecular weight excluding hydrogens is 318 g/mol. The molecule has 0 spiro atoms. The molecule has 7 nitrogen and oxygen atoms in total. The van der Waals surface area contributed by atoms with E-state index in [9.17, 15) is 4.79 Å². The Morgan fingerprint density at radius 3 is 2.88 bits per heavy atom. The van der Waals surface area contributed by atoms with E-state index in [0.717, 1.165) is 23.8 Å². The predicted octanol–water partition coefficient (Wildman–Crippen LogP) is 1.89. The largest absolute Gasteiger partial charge is 0.368 e. The van der Waals surface area contributed by atoms with Crippen LogP contribution in [0.5, 0.6) is 0 Å². The molecule has 1 fully saturated rings. The van der Waals surface area contributed by atoms with Crippen molar-refractivity contribution >= 4 is 11.7 Å². The number of morpholine rings is 1. The Bertz CT molecular complexity index is 756. The van der Waals surface area contributed by atoms with E-state index in [1.54, 1.807) is 4.68 Å². The van der Waals surface area contributed by atoms with Crippen LogP contribution in [0, 0.1) is 6.92 Å². The van der Waals surface area contributed by atoms with Crippen LogP contribution in [0.2, 0.25) is 0 Å². The van der Waals surface area contributed by atoms with Gasteiger partial charge in [0.1, 0.15) is 11.9 Å². The second kappa shape index (κ2) is 7.23. The first kappa shape index (κ1) is 17.4. The number of ether oxygens (including phenoxy) is 1. The molecule has 0 aliphatic carbocycles. The van der Waals surface area contributed by atoms with Gasteiger partial charge in [-0.3, -0.25) is 9.48 Å². The van der Waals surface area contributed by atoms with Gasteiger partial charge in [0.2, 0.25) is 0 Å². The molecule has 2 aromatic rings. The van der Waals surface area contributed by atoms with Crippen LogP contribution in [0.1, 0.15) is 34.8 Å². The summed E-state index contributed by atoms with van der Waals surface area (Å²) in [6.45, 7) is 6.22. The monoisotopic (exact) mass is 343 g/mol. The van der Waals surface area contributed by atoms with Gasteiger partial charge in [-0.15, -0.1) is 0 Å². The number of rotatable bonds is 4. The lowest BCUT2D eigenvalue weighted by molar-refractivity contribution is -0.0247. The summed E-state index contributed by atoms with van der Waals surface area (Å²) in [6, 6.07) is 5.88. The third-order valence-corrected chi connectivity index (χ3v) is 4.40. The molecule has 3 heterocycles. The van der Waals surface area contributed by atoms with Gasteiger partial charge in [-0.1, -0.05) is 6.07 Å². The Morgan fingerprint density at radius 1 is 1.40 bits per heavy atom. The third-order valence-electron chi connectivity index (χ3n) is 4.40. The van der Waals surface area contributed by atoms with Gasteiger partial charge in [0.25, 0.3) is 5.91 Å². The molecule has 7 heteroatoms. The molecule has 1 atom stereocenters. The normalized spacial score (nSPS) is 17.6. The zero-order valence-corrected chi connectivity index (χ0v) is 15.3. The zero-order valence-electron chi connectivity index (χ0n) is 15.3. The van der Waals surface area contributed by atoms with Crippen LogP contribution >= 0.6 is 0 Å². The number of nitrogens with zero attached hydrogens (tertiary/aromatic N) is 5. The van der Waals surface area contributed by atoms with Crippen LogP contribution in [-0.4, -0.2) is 59.4 Å². The maximum Gasteiger partial charge on any atom is 0.257 e.